The van der Waals surface area contributed by atoms with Crippen LogP contribution in [0.1, 0.15) is 15.9 Å². The lowest BCUT2D eigenvalue weighted by Crippen LogP contribution is -2.47. The number of carbonyl (C=O) groups excluding carboxylic acids is 3. The number of hydrogen-bond acceptors (Lipinski definition) is 5. The number of ether oxygens (including phenoxy) is 2. The minimum Gasteiger partial charge on any atom is -0.497 e. The lowest BCUT2D eigenvalue weighted by molar-refractivity contribution is -0.139. The zero-order chi connectivity index (χ0) is 22.2. The van der Waals surface area contributed by atoms with Crippen LogP contribution in [0.3, 0.4) is 0 Å². The Labute approximate surface area is 185 Å². The number of rotatable bonds is 7. The molecule has 31 heavy (non-hydrogen) atoms. The van der Waals surface area contributed by atoms with Crippen LogP contribution in [0.25, 0.3) is 0 Å². The molecular formula is C22H24ClN3O5. The zero-order valence-electron chi connectivity index (χ0n) is 17.1. The number of benzene rings is 2. The molecule has 164 valence electrons. The molecule has 0 radical (unpaired) electrons. The largest absolute Gasteiger partial charge is 0.497 e. The fourth-order valence-electron chi connectivity index (χ4n) is 3.13. The highest BCUT2D eigenvalue weighted by Crippen LogP contribution is 2.16. The van der Waals surface area contributed by atoms with E-state index in [4.69, 9.17) is 21.1 Å². The maximum absolute atomic E-state index is 12.7. The second kappa shape index (κ2) is 10.8. The number of amides is 3. The van der Waals surface area contributed by atoms with E-state index < -0.39 is 18.0 Å². The third kappa shape index (κ3) is 6.19. The molecule has 8 nitrogen and oxygen atoms in total. The van der Waals surface area contributed by atoms with Crippen LogP contribution < -0.4 is 15.4 Å². The zero-order valence-corrected chi connectivity index (χ0v) is 17.9. The Hall–Kier alpha value is -3.10. The fraction of sp³-hybridized carbons (Fsp3) is 0.318. The van der Waals surface area contributed by atoms with E-state index in [1.165, 1.54) is 4.90 Å². The number of methoxy groups -OCH3 is 1. The third-order valence-electron chi connectivity index (χ3n) is 4.84. The standard InChI is InChI=1S/C22H24ClN3O5/c1-30-18-8-2-15(3-9-18)10-11-24-20(27)21(28)25-14-19-26(12-13-31-19)22(29)16-4-6-17(23)7-5-16/h2-9,19H,10-14H2,1H3,(H,24,27)(H,25,28)/t19-/m1/s1. The van der Waals surface area contributed by atoms with Gasteiger partial charge in [-0.15, -0.1) is 0 Å². The van der Waals surface area contributed by atoms with Crippen LogP contribution >= 0.6 is 11.6 Å². The maximum atomic E-state index is 12.7. The van der Waals surface area contributed by atoms with Crippen molar-refractivity contribution in [1.82, 2.24) is 15.5 Å². The van der Waals surface area contributed by atoms with Crippen LogP contribution in [0.15, 0.2) is 48.5 Å². The molecule has 1 aliphatic rings. The molecule has 3 amide bonds. The summed E-state index contributed by atoms with van der Waals surface area (Å²) in [5.74, 6) is -0.978. The Balaban J connectivity index is 1.43. The Morgan fingerprint density at radius 1 is 1.06 bits per heavy atom. The van der Waals surface area contributed by atoms with Crippen LogP contribution in [0.4, 0.5) is 0 Å². The van der Waals surface area contributed by atoms with Gasteiger partial charge in [-0.05, 0) is 48.4 Å². The van der Waals surface area contributed by atoms with Crippen molar-refractivity contribution in [2.45, 2.75) is 12.6 Å². The van der Waals surface area contributed by atoms with Gasteiger partial charge < -0.3 is 25.0 Å². The number of hydrogen-bond donors (Lipinski definition) is 2. The quantitative estimate of drug-likeness (QED) is 0.631. The van der Waals surface area contributed by atoms with Gasteiger partial charge >= 0.3 is 11.8 Å². The van der Waals surface area contributed by atoms with E-state index in [2.05, 4.69) is 10.6 Å². The summed E-state index contributed by atoms with van der Waals surface area (Å²) in [6, 6.07) is 14.0. The topological polar surface area (TPSA) is 97.0 Å². The second-order valence-corrected chi connectivity index (χ2v) is 7.33. The highest BCUT2D eigenvalue weighted by atomic mass is 35.5. The van der Waals surface area contributed by atoms with Gasteiger partial charge in [0.15, 0.2) is 0 Å². The molecule has 3 rings (SSSR count). The minimum absolute atomic E-state index is 0.0179. The van der Waals surface area contributed by atoms with Gasteiger partial charge in [0.05, 0.1) is 20.3 Å². The van der Waals surface area contributed by atoms with Crippen molar-refractivity contribution in [1.29, 1.82) is 0 Å². The van der Waals surface area contributed by atoms with Crippen LogP contribution in [-0.4, -0.2) is 62.2 Å². The van der Waals surface area contributed by atoms with Gasteiger partial charge in [0.2, 0.25) is 0 Å². The summed E-state index contributed by atoms with van der Waals surface area (Å²) in [5, 5.41) is 5.65. The van der Waals surface area contributed by atoms with Gasteiger partial charge in [-0.25, -0.2) is 0 Å². The normalized spacial score (nSPS) is 15.4. The van der Waals surface area contributed by atoms with Crippen LogP contribution in [0.2, 0.25) is 5.02 Å². The summed E-state index contributed by atoms with van der Waals surface area (Å²) >= 11 is 5.86. The number of nitrogens with one attached hydrogen (secondary N) is 2. The van der Waals surface area contributed by atoms with Crippen molar-refractivity contribution in [3.05, 3.63) is 64.7 Å². The Morgan fingerprint density at radius 2 is 1.74 bits per heavy atom. The van der Waals surface area contributed by atoms with E-state index in [0.717, 1.165) is 11.3 Å². The molecule has 0 spiro atoms. The lowest BCUT2D eigenvalue weighted by atomic mass is 10.1. The van der Waals surface area contributed by atoms with Crippen molar-refractivity contribution in [2.24, 2.45) is 0 Å². The van der Waals surface area contributed by atoms with Gasteiger partial charge in [-0.2, -0.15) is 0 Å². The maximum Gasteiger partial charge on any atom is 0.309 e. The first kappa shape index (κ1) is 22.6. The Morgan fingerprint density at radius 3 is 2.42 bits per heavy atom. The average Bonchev–Trinajstić information content (AvgIpc) is 3.26. The van der Waals surface area contributed by atoms with Crippen molar-refractivity contribution < 1.29 is 23.9 Å². The molecule has 1 aliphatic heterocycles. The summed E-state index contributed by atoms with van der Waals surface area (Å²) < 4.78 is 10.6. The van der Waals surface area contributed by atoms with E-state index in [0.29, 0.717) is 36.7 Å². The molecule has 2 aromatic carbocycles. The molecule has 1 fully saturated rings. The van der Waals surface area contributed by atoms with Gasteiger partial charge in [-0.1, -0.05) is 23.7 Å². The number of carbonyl (C=O) groups is 3. The first-order valence-electron chi connectivity index (χ1n) is 9.85. The fourth-order valence-corrected chi connectivity index (χ4v) is 3.26. The number of halogens is 1. The van der Waals surface area contributed by atoms with Crippen molar-refractivity contribution in [2.75, 3.05) is 33.4 Å². The van der Waals surface area contributed by atoms with Gasteiger partial charge in [-0.3, -0.25) is 14.4 Å². The van der Waals surface area contributed by atoms with Crippen LogP contribution in [0.5, 0.6) is 5.75 Å². The molecule has 0 saturated carbocycles. The van der Waals surface area contributed by atoms with E-state index in [-0.39, 0.29) is 12.5 Å². The summed E-state index contributed by atoms with van der Waals surface area (Å²) in [5.41, 5.74) is 1.49. The van der Waals surface area contributed by atoms with Gasteiger partial charge in [0.1, 0.15) is 12.0 Å². The lowest BCUT2D eigenvalue weighted by Gasteiger charge is -2.23. The smallest absolute Gasteiger partial charge is 0.309 e. The van der Waals surface area contributed by atoms with Crippen molar-refractivity contribution >= 4 is 29.3 Å². The highest BCUT2D eigenvalue weighted by molar-refractivity contribution is 6.35. The monoisotopic (exact) mass is 445 g/mol. The SMILES string of the molecule is COc1ccc(CCNC(=O)C(=O)NC[C@H]2OCCN2C(=O)c2ccc(Cl)cc2)cc1. The van der Waals surface area contributed by atoms with Crippen molar-refractivity contribution in [3.63, 3.8) is 0 Å². The summed E-state index contributed by atoms with van der Waals surface area (Å²) in [7, 11) is 1.59. The summed E-state index contributed by atoms with van der Waals surface area (Å²) in [6.45, 7) is 1.09. The molecule has 2 aromatic rings. The predicted octanol–water partition coefficient (Wildman–Crippen LogP) is 1.62. The second-order valence-electron chi connectivity index (χ2n) is 6.89. The van der Waals surface area contributed by atoms with Crippen LogP contribution in [0, 0.1) is 0 Å². The van der Waals surface area contributed by atoms with Crippen LogP contribution in [-0.2, 0) is 20.7 Å². The molecule has 9 heteroatoms. The molecule has 0 bridgehead atoms. The molecule has 1 atom stereocenters. The van der Waals surface area contributed by atoms with E-state index >= 15 is 0 Å². The van der Waals surface area contributed by atoms with Crippen molar-refractivity contribution in [3.8, 4) is 5.75 Å². The van der Waals surface area contributed by atoms with E-state index in [1.807, 2.05) is 24.3 Å². The molecule has 0 aromatic heterocycles. The minimum atomic E-state index is -0.774. The third-order valence-corrected chi connectivity index (χ3v) is 5.10. The Kier molecular flexibility index (Phi) is 7.86. The van der Waals surface area contributed by atoms with Gasteiger partial charge in [0.25, 0.3) is 5.91 Å². The molecule has 2 N–H and O–H groups in total. The first-order chi connectivity index (χ1) is 15.0. The molecule has 1 saturated heterocycles. The summed E-state index contributed by atoms with van der Waals surface area (Å²) in [4.78, 5) is 38.3. The first-order valence-corrected chi connectivity index (χ1v) is 10.2. The number of nitrogens with zero attached hydrogens (tertiary/aromatic N) is 1. The van der Waals surface area contributed by atoms with Gasteiger partial charge in [0, 0.05) is 23.7 Å². The molecule has 0 unspecified atom stereocenters. The molecule has 0 aliphatic carbocycles. The summed E-state index contributed by atoms with van der Waals surface area (Å²) in [6.07, 6.45) is -0.0581. The highest BCUT2D eigenvalue weighted by Gasteiger charge is 2.31. The Bertz CT molecular complexity index is 918. The molecule has 1 heterocycles. The predicted molar refractivity (Wildman–Crippen MR) is 115 cm³/mol. The molecular weight excluding hydrogens is 422 g/mol. The van der Waals surface area contributed by atoms with E-state index in [1.54, 1.807) is 31.4 Å². The average molecular weight is 446 g/mol. The van der Waals surface area contributed by atoms with E-state index in [9.17, 15) is 14.4 Å².